The van der Waals surface area contributed by atoms with Crippen LogP contribution in [0.5, 0.6) is 0 Å². The largest absolute Gasteiger partial charge is 0.381 e. The molecule has 2 aliphatic rings. The van der Waals surface area contributed by atoms with Gasteiger partial charge in [-0.05, 0) is 37.8 Å². The van der Waals surface area contributed by atoms with Gasteiger partial charge in [-0.3, -0.25) is 0 Å². The number of anilines is 1. The van der Waals surface area contributed by atoms with Crippen LogP contribution >= 0.6 is 0 Å². The van der Waals surface area contributed by atoms with E-state index in [0.717, 1.165) is 25.6 Å². The van der Waals surface area contributed by atoms with E-state index in [1.807, 2.05) is 12.1 Å². The Morgan fingerprint density at radius 3 is 2.95 bits per heavy atom. The first-order chi connectivity index (χ1) is 9.38. The van der Waals surface area contributed by atoms with Gasteiger partial charge in [-0.2, -0.15) is 5.26 Å². The van der Waals surface area contributed by atoms with Gasteiger partial charge in [-0.1, -0.05) is 0 Å². The average molecular weight is 257 g/mol. The molecule has 100 valence electrons. The molecule has 1 aromatic rings. The maximum atomic E-state index is 8.83. The van der Waals surface area contributed by atoms with Crippen molar-refractivity contribution in [3.63, 3.8) is 0 Å². The van der Waals surface area contributed by atoms with Crippen LogP contribution in [-0.4, -0.2) is 30.8 Å². The van der Waals surface area contributed by atoms with Crippen LogP contribution in [0.15, 0.2) is 18.3 Å². The molecular weight excluding hydrogens is 238 g/mol. The molecule has 2 unspecified atom stereocenters. The van der Waals surface area contributed by atoms with Crippen LogP contribution < -0.4 is 4.90 Å². The highest BCUT2D eigenvalue weighted by Crippen LogP contribution is 2.32. The van der Waals surface area contributed by atoms with Crippen LogP contribution in [0.25, 0.3) is 0 Å². The first-order valence-corrected chi connectivity index (χ1v) is 7.09. The van der Waals surface area contributed by atoms with E-state index in [0.29, 0.717) is 17.5 Å². The number of rotatable bonds is 2. The van der Waals surface area contributed by atoms with Gasteiger partial charge in [0.05, 0.1) is 12.2 Å². The Bertz CT molecular complexity index is 459. The SMILES string of the molecule is N#Cc1ccc(N2CCCC2C2CCCOC2)nc1. The Balaban J connectivity index is 1.76. The van der Waals surface area contributed by atoms with Crippen molar-refractivity contribution in [1.82, 2.24) is 4.98 Å². The van der Waals surface area contributed by atoms with Gasteiger partial charge in [0.25, 0.3) is 0 Å². The fraction of sp³-hybridized carbons (Fsp3) is 0.600. The Hall–Kier alpha value is -1.60. The summed E-state index contributed by atoms with van der Waals surface area (Å²) in [6, 6.07) is 6.50. The number of hydrogen-bond donors (Lipinski definition) is 0. The normalized spacial score (nSPS) is 27.2. The van der Waals surface area contributed by atoms with Crippen LogP contribution in [0.3, 0.4) is 0 Å². The number of pyridine rings is 1. The molecule has 0 aliphatic carbocycles. The van der Waals surface area contributed by atoms with Gasteiger partial charge < -0.3 is 9.64 Å². The van der Waals surface area contributed by atoms with Gasteiger partial charge >= 0.3 is 0 Å². The minimum atomic E-state index is 0.556. The van der Waals surface area contributed by atoms with E-state index in [9.17, 15) is 0 Å². The Morgan fingerprint density at radius 1 is 1.32 bits per heavy atom. The molecule has 1 aromatic heterocycles. The van der Waals surface area contributed by atoms with Gasteiger partial charge in [0.15, 0.2) is 0 Å². The lowest BCUT2D eigenvalue weighted by Gasteiger charge is -2.34. The molecule has 2 fully saturated rings. The molecule has 0 N–H and O–H groups in total. The summed E-state index contributed by atoms with van der Waals surface area (Å²) in [5.41, 5.74) is 0.625. The molecule has 2 atom stereocenters. The van der Waals surface area contributed by atoms with Crippen molar-refractivity contribution in [1.29, 1.82) is 5.26 Å². The molecule has 4 heteroatoms. The molecule has 3 heterocycles. The molecular formula is C15H19N3O. The molecule has 0 aromatic carbocycles. The van der Waals surface area contributed by atoms with Crippen LogP contribution in [0.4, 0.5) is 5.82 Å². The standard InChI is InChI=1S/C15H19N3O/c16-9-12-5-6-15(17-10-12)18-7-1-4-14(18)13-3-2-8-19-11-13/h5-6,10,13-14H,1-4,7-8,11H2. The Morgan fingerprint density at radius 2 is 2.26 bits per heavy atom. The molecule has 2 saturated heterocycles. The van der Waals surface area contributed by atoms with Crippen LogP contribution in [0, 0.1) is 17.2 Å². The molecule has 0 radical (unpaired) electrons. The third-order valence-corrected chi connectivity index (χ3v) is 4.21. The zero-order valence-corrected chi connectivity index (χ0v) is 11.1. The zero-order chi connectivity index (χ0) is 13.1. The number of ether oxygens (including phenoxy) is 1. The molecule has 0 bridgehead atoms. The van der Waals surface area contributed by atoms with E-state index in [4.69, 9.17) is 10.00 Å². The van der Waals surface area contributed by atoms with Crippen molar-refractivity contribution in [2.24, 2.45) is 5.92 Å². The molecule has 19 heavy (non-hydrogen) atoms. The molecule has 0 spiro atoms. The maximum Gasteiger partial charge on any atom is 0.128 e. The monoisotopic (exact) mass is 257 g/mol. The predicted molar refractivity (Wildman–Crippen MR) is 72.9 cm³/mol. The first-order valence-electron chi connectivity index (χ1n) is 7.09. The fourth-order valence-electron chi connectivity index (χ4n) is 3.26. The predicted octanol–water partition coefficient (Wildman–Crippen LogP) is 2.35. The first kappa shape index (κ1) is 12.4. The second-order valence-corrected chi connectivity index (χ2v) is 5.40. The second-order valence-electron chi connectivity index (χ2n) is 5.40. The van der Waals surface area contributed by atoms with Gasteiger partial charge in [-0.15, -0.1) is 0 Å². The van der Waals surface area contributed by atoms with Gasteiger partial charge in [0, 0.05) is 31.3 Å². The molecule has 4 nitrogen and oxygen atoms in total. The van der Waals surface area contributed by atoms with Crippen molar-refractivity contribution in [2.75, 3.05) is 24.7 Å². The van der Waals surface area contributed by atoms with Crippen LogP contribution in [0.1, 0.15) is 31.2 Å². The average Bonchev–Trinajstić information content (AvgIpc) is 2.98. The molecule has 2 aliphatic heterocycles. The minimum absolute atomic E-state index is 0.556. The second kappa shape index (κ2) is 5.58. The van der Waals surface area contributed by atoms with Gasteiger partial charge in [-0.25, -0.2) is 4.98 Å². The lowest BCUT2D eigenvalue weighted by atomic mass is 9.92. The van der Waals surface area contributed by atoms with Crippen molar-refractivity contribution in [3.05, 3.63) is 23.9 Å². The van der Waals surface area contributed by atoms with Crippen molar-refractivity contribution in [2.45, 2.75) is 31.7 Å². The van der Waals surface area contributed by atoms with Gasteiger partial charge in [0.2, 0.25) is 0 Å². The summed E-state index contributed by atoms with van der Waals surface area (Å²) in [6.07, 6.45) is 6.56. The van der Waals surface area contributed by atoms with Crippen molar-refractivity contribution < 1.29 is 4.74 Å². The molecule has 3 rings (SSSR count). The van der Waals surface area contributed by atoms with E-state index < -0.39 is 0 Å². The Labute approximate surface area is 114 Å². The van der Waals surface area contributed by atoms with E-state index in [1.54, 1.807) is 6.20 Å². The third kappa shape index (κ3) is 2.57. The van der Waals surface area contributed by atoms with Crippen molar-refractivity contribution in [3.8, 4) is 6.07 Å². The number of hydrogen-bond acceptors (Lipinski definition) is 4. The van der Waals surface area contributed by atoms with Gasteiger partial charge in [0.1, 0.15) is 11.9 Å². The van der Waals surface area contributed by atoms with Crippen LogP contribution in [-0.2, 0) is 4.74 Å². The highest BCUT2D eigenvalue weighted by Gasteiger charge is 2.33. The van der Waals surface area contributed by atoms with E-state index in [2.05, 4.69) is 16.0 Å². The fourth-order valence-corrected chi connectivity index (χ4v) is 3.26. The van der Waals surface area contributed by atoms with Crippen molar-refractivity contribution >= 4 is 5.82 Å². The van der Waals surface area contributed by atoms with Crippen LogP contribution in [0.2, 0.25) is 0 Å². The van der Waals surface area contributed by atoms with E-state index >= 15 is 0 Å². The topological polar surface area (TPSA) is 49.2 Å². The number of nitrogens with zero attached hydrogens (tertiary/aromatic N) is 3. The summed E-state index contributed by atoms with van der Waals surface area (Å²) >= 11 is 0. The van der Waals surface area contributed by atoms with E-state index in [-0.39, 0.29) is 0 Å². The lowest BCUT2D eigenvalue weighted by Crippen LogP contribution is -2.39. The summed E-state index contributed by atoms with van der Waals surface area (Å²) in [5.74, 6) is 1.64. The highest BCUT2D eigenvalue weighted by molar-refractivity contribution is 5.44. The number of aromatic nitrogens is 1. The lowest BCUT2D eigenvalue weighted by molar-refractivity contribution is 0.0454. The highest BCUT2D eigenvalue weighted by atomic mass is 16.5. The smallest absolute Gasteiger partial charge is 0.128 e. The summed E-state index contributed by atoms with van der Waals surface area (Å²) in [7, 11) is 0. The minimum Gasteiger partial charge on any atom is -0.381 e. The summed E-state index contributed by atoms with van der Waals surface area (Å²) in [4.78, 5) is 6.84. The molecule has 0 saturated carbocycles. The van der Waals surface area contributed by atoms with E-state index in [1.165, 1.54) is 25.7 Å². The molecule has 0 amide bonds. The maximum absolute atomic E-state index is 8.83. The Kier molecular flexibility index (Phi) is 3.65. The summed E-state index contributed by atoms with van der Waals surface area (Å²) in [5, 5.41) is 8.83. The quantitative estimate of drug-likeness (QED) is 0.816. The third-order valence-electron chi connectivity index (χ3n) is 4.21. The zero-order valence-electron chi connectivity index (χ0n) is 11.1. The number of nitriles is 1. The summed E-state index contributed by atoms with van der Waals surface area (Å²) < 4.78 is 5.63. The summed E-state index contributed by atoms with van der Waals surface area (Å²) in [6.45, 7) is 2.87.